The number of hydrogen-bond donors (Lipinski definition) is 2. The van der Waals surface area contributed by atoms with Crippen LogP contribution in [-0.2, 0) is 4.79 Å². The molecule has 2 N–H and O–H groups in total. The summed E-state index contributed by atoms with van der Waals surface area (Å²) in [6.45, 7) is 5.55. The number of carbonyl (C=O) groups excluding carboxylic acids is 1. The lowest BCUT2D eigenvalue weighted by Crippen LogP contribution is -2.41. The highest BCUT2D eigenvalue weighted by molar-refractivity contribution is 5.97. The molecule has 0 bridgehead atoms. The van der Waals surface area contributed by atoms with E-state index in [0.29, 0.717) is 29.9 Å². The maximum atomic E-state index is 12.4. The minimum absolute atomic E-state index is 0.385. The molecule has 1 amide bonds. The molecule has 0 aliphatic rings. The molecular weight excluding hydrogens is 270 g/mol. The quantitative estimate of drug-likeness (QED) is 0.881. The lowest BCUT2D eigenvalue weighted by Gasteiger charge is -2.13. The molecule has 2 aromatic rings. The molecule has 2 rings (SSSR count). The minimum atomic E-state index is -1.02. The van der Waals surface area contributed by atoms with E-state index in [2.05, 4.69) is 10.3 Å². The van der Waals surface area contributed by atoms with Crippen molar-refractivity contribution in [2.45, 2.75) is 39.7 Å². The van der Waals surface area contributed by atoms with Crippen molar-refractivity contribution in [2.24, 2.45) is 0 Å². The summed E-state index contributed by atoms with van der Waals surface area (Å²) in [5, 5.41) is 11.7. The van der Waals surface area contributed by atoms with E-state index in [0.717, 1.165) is 5.56 Å². The van der Waals surface area contributed by atoms with Gasteiger partial charge in [-0.3, -0.25) is 9.20 Å². The SMILES string of the molecule is CCCC(NC(=O)c1c(C)nc2ccc(C)cn12)C(=O)O. The molecule has 0 aliphatic heterocycles. The Morgan fingerprint density at radius 2 is 2.10 bits per heavy atom. The van der Waals surface area contributed by atoms with E-state index in [1.807, 2.05) is 32.2 Å². The highest BCUT2D eigenvalue weighted by atomic mass is 16.4. The number of fused-ring (bicyclic) bond motifs is 1. The van der Waals surface area contributed by atoms with Crippen LogP contribution in [0.2, 0.25) is 0 Å². The van der Waals surface area contributed by atoms with Crippen molar-refractivity contribution in [1.29, 1.82) is 0 Å². The number of aromatic nitrogens is 2. The largest absolute Gasteiger partial charge is 0.480 e. The Labute approximate surface area is 122 Å². The summed E-state index contributed by atoms with van der Waals surface area (Å²) in [5.74, 6) is -1.43. The Balaban J connectivity index is 2.36. The third-order valence-corrected chi connectivity index (χ3v) is 3.34. The smallest absolute Gasteiger partial charge is 0.326 e. The second-order valence-corrected chi connectivity index (χ2v) is 5.13. The van der Waals surface area contributed by atoms with Gasteiger partial charge in [-0.1, -0.05) is 19.4 Å². The summed E-state index contributed by atoms with van der Waals surface area (Å²) in [7, 11) is 0. The van der Waals surface area contributed by atoms with Gasteiger partial charge in [-0.2, -0.15) is 0 Å². The van der Waals surface area contributed by atoms with E-state index in [-0.39, 0.29) is 0 Å². The number of pyridine rings is 1. The van der Waals surface area contributed by atoms with E-state index >= 15 is 0 Å². The predicted octanol–water partition coefficient (Wildman–Crippen LogP) is 1.93. The van der Waals surface area contributed by atoms with Crippen LogP contribution < -0.4 is 5.32 Å². The Hall–Kier alpha value is -2.37. The number of nitrogens with zero attached hydrogens (tertiary/aromatic N) is 2. The number of imidazole rings is 1. The van der Waals surface area contributed by atoms with Crippen LogP contribution in [0.15, 0.2) is 18.3 Å². The zero-order valence-electron chi connectivity index (χ0n) is 12.4. The van der Waals surface area contributed by atoms with E-state index in [1.54, 1.807) is 11.3 Å². The van der Waals surface area contributed by atoms with Crippen molar-refractivity contribution in [3.63, 3.8) is 0 Å². The predicted molar refractivity (Wildman–Crippen MR) is 78.5 cm³/mol. The fraction of sp³-hybridized carbons (Fsp3) is 0.400. The summed E-state index contributed by atoms with van der Waals surface area (Å²) in [6.07, 6.45) is 2.90. The third-order valence-electron chi connectivity index (χ3n) is 3.34. The van der Waals surface area contributed by atoms with Crippen LogP contribution in [0.5, 0.6) is 0 Å². The van der Waals surface area contributed by atoms with Gasteiger partial charge in [0.25, 0.3) is 5.91 Å². The van der Waals surface area contributed by atoms with Crippen LogP contribution in [0.1, 0.15) is 41.5 Å². The van der Waals surface area contributed by atoms with Crippen LogP contribution in [0.3, 0.4) is 0 Å². The molecule has 0 radical (unpaired) electrons. The van der Waals surface area contributed by atoms with Crippen molar-refractivity contribution >= 4 is 17.5 Å². The molecular formula is C15H19N3O3. The first-order valence-corrected chi connectivity index (χ1v) is 6.93. The van der Waals surface area contributed by atoms with Crippen LogP contribution in [0.4, 0.5) is 0 Å². The summed E-state index contributed by atoms with van der Waals surface area (Å²) in [6, 6.07) is 2.87. The van der Waals surface area contributed by atoms with Crippen LogP contribution in [-0.4, -0.2) is 32.4 Å². The highest BCUT2D eigenvalue weighted by Crippen LogP contribution is 2.14. The number of hydrogen-bond acceptors (Lipinski definition) is 3. The van der Waals surface area contributed by atoms with E-state index in [9.17, 15) is 9.59 Å². The van der Waals surface area contributed by atoms with Crippen LogP contribution >= 0.6 is 0 Å². The van der Waals surface area contributed by atoms with Crippen molar-refractivity contribution in [3.8, 4) is 0 Å². The van der Waals surface area contributed by atoms with Gasteiger partial charge in [0.05, 0.1) is 5.69 Å². The zero-order chi connectivity index (χ0) is 15.6. The third kappa shape index (κ3) is 3.04. The van der Waals surface area contributed by atoms with Crippen LogP contribution in [0, 0.1) is 13.8 Å². The van der Waals surface area contributed by atoms with Crippen molar-refractivity contribution in [1.82, 2.24) is 14.7 Å². The molecule has 0 aromatic carbocycles. The molecule has 112 valence electrons. The summed E-state index contributed by atoms with van der Waals surface area (Å²) < 4.78 is 1.70. The van der Waals surface area contributed by atoms with Gasteiger partial charge in [-0.05, 0) is 31.9 Å². The van der Waals surface area contributed by atoms with Gasteiger partial charge < -0.3 is 10.4 Å². The van der Waals surface area contributed by atoms with Gasteiger partial charge in [0.2, 0.25) is 0 Å². The van der Waals surface area contributed by atoms with Gasteiger partial charge in [-0.25, -0.2) is 9.78 Å². The molecule has 2 heterocycles. The Morgan fingerprint density at radius 1 is 1.38 bits per heavy atom. The second-order valence-electron chi connectivity index (χ2n) is 5.13. The first-order chi connectivity index (χ1) is 9.93. The maximum absolute atomic E-state index is 12.4. The molecule has 0 saturated carbocycles. The molecule has 0 saturated heterocycles. The normalized spacial score (nSPS) is 12.3. The summed E-state index contributed by atoms with van der Waals surface area (Å²) >= 11 is 0. The van der Waals surface area contributed by atoms with Crippen molar-refractivity contribution in [2.75, 3.05) is 0 Å². The van der Waals surface area contributed by atoms with Gasteiger partial charge in [0.1, 0.15) is 17.4 Å². The number of rotatable bonds is 5. The number of carboxylic acid groups (broad SMARTS) is 1. The number of nitrogens with one attached hydrogen (secondary N) is 1. The van der Waals surface area contributed by atoms with Gasteiger partial charge in [0.15, 0.2) is 0 Å². The summed E-state index contributed by atoms with van der Waals surface area (Å²) in [4.78, 5) is 27.9. The molecule has 21 heavy (non-hydrogen) atoms. The number of carboxylic acids is 1. The highest BCUT2D eigenvalue weighted by Gasteiger charge is 2.23. The molecule has 2 aromatic heterocycles. The molecule has 6 heteroatoms. The Kier molecular flexibility index (Phi) is 4.26. The van der Waals surface area contributed by atoms with Gasteiger partial charge in [0, 0.05) is 6.20 Å². The molecule has 0 spiro atoms. The average molecular weight is 289 g/mol. The average Bonchev–Trinajstić information content (AvgIpc) is 2.73. The number of amides is 1. The maximum Gasteiger partial charge on any atom is 0.326 e. The first-order valence-electron chi connectivity index (χ1n) is 6.93. The summed E-state index contributed by atoms with van der Waals surface area (Å²) in [5.41, 5.74) is 2.64. The first kappa shape index (κ1) is 15.0. The molecule has 1 atom stereocenters. The van der Waals surface area contributed by atoms with Crippen molar-refractivity contribution < 1.29 is 14.7 Å². The standard InChI is InChI=1S/C15H19N3O3/c1-4-5-11(15(20)21)17-14(19)13-10(3)16-12-7-6-9(2)8-18(12)13/h6-8,11H,4-5H2,1-3H3,(H,17,19)(H,20,21). The molecule has 0 fully saturated rings. The van der Waals surface area contributed by atoms with Crippen molar-refractivity contribution in [3.05, 3.63) is 35.3 Å². The topological polar surface area (TPSA) is 83.7 Å². The number of aliphatic carboxylic acids is 1. The Bertz CT molecular complexity index is 691. The minimum Gasteiger partial charge on any atom is -0.480 e. The lowest BCUT2D eigenvalue weighted by atomic mass is 10.1. The Morgan fingerprint density at radius 3 is 2.71 bits per heavy atom. The number of carbonyl (C=O) groups is 2. The van der Waals surface area contributed by atoms with E-state index in [1.165, 1.54) is 0 Å². The van der Waals surface area contributed by atoms with Gasteiger partial charge in [-0.15, -0.1) is 0 Å². The van der Waals surface area contributed by atoms with Gasteiger partial charge >= 0.3 is 5.97 Å². The van der Waals surface area contributed by atoms with E-state index in [4.69, 9.17) is 5.11 Å². The lowest BCUT2D eigenvalue weighted by molar-refractivity contribution is -0.139. The fourth-order valence-electron chi connectivity index (χ4n) is 2.31. The molecule has 1 unspecified atom stereocenters. The second kappa shape index (κ2) is 5.95. The fourth-order valence-corrected chi connectivity index (χ4v) is 2.31. The molecule has 6 nitrogen and oxygen atoms in total. The number of aryl methyl sites for hydroxylation is 2. The van der Waals surface area contributed by atoms with Crippen LogP contribution in [0.25, 0.3) is 5.65 Å². The van der Waals surface area contributed by atoms with E-state index < -0.39 is 17.9 Å². The zero-order valence-corrected chi connectivity index (χ0v) is 12.4. The molecule has 0 aliphatic carbocycles. The monoisotopic (exact) mass is 289 g/mol.